The fourth-order valence-electron chi connectivity index (χ4n) is 7.83. The number of hydrogen-bond acceptors (Lipinski definition) is 5. The summed E-state index contributed by atoms with van der Waals surface area (Å²) in [5.41, 5.74) is 12.6. The molecule has 0 aliphatic rings. The Morgan fingerprint density at radius 1 is 0.268 bits per heavy atom. The van der Waals surface area contributed by atoms with Gasteiger partial charge in [-0.2, -0.15) is 0 Å². The molecule has 0 atom stereocenters. The molecule has 5 nitrogen and oxygen atoms in total. The lowest BCUT2D eigenvalue weighted by molar-refractivity contribution is 0.669. The summed E-state index contributed by atoms with van der Waals surface area (Å²) in [4.78, 5) is 15.0. The van der Waals surface area contributed by atoms with E-state index in [4.69, 9.17) is 23.8 Å². The van der Waals surface area contributed by atoms with E-state index >= 15 is 0 Å². The Morgan fingerprint density at radius 3 is 1.54 bits per heavy atom. The number of rotatable bonds is 6. The van der Waals surface area contributed by atoms with E-state index in [9.17, 15) is 0 Å². The minimum atomic E-state index is 0.579. The number of furan rings is 2. The summed E-state index contributed by atoms with van der Waals surface area (Å²) in [6, 6.07) is 64.5. The summed E-state index contributed by atoms with van der Waals surface area (Å²) in [7, 11) is 0. The van der Waals surface area contributed by atoms with Gasteiger partial charge in [0.1, 0.15) is 22.3 Å². The average molecular weight is 718 g/mol. The molecule has 0 spiro atoms. The number of nitrogens with zero attached hydrogens (tertiary/aromatic N) is 3. The molecule has 0 aliphatic carbocycles. The molecule has 11 rings (SSSR count). The first-order valence-corrected chi connectivity index (χ1v) is 18.7. The van der Waals surface area contributed by atoms with Crippen molar-refractivity contribution in [3.8, 4) is 67.5 Å². The van der Waals surface area contributed by atoms with Crippen molar-refractivity contribution in [3.63, 3.8) is 0 Å². The van der Waals surface area contributed by atoms with Gasteiger partial charge in [-0.05, 0) is 64.2 Å². The van der Waals surface area contributed by atoms with Gasteiger partial charge in [0.05, 0.1) is 0 Å². The van der Waals surface area contributed by atoms with E-state index < -0.39 is 0 Å². The van der Waals surface area contributed by atoms with Gasteiger partial charge < -0.3 is 8.83 Å². The molecule has 3 heterocycles. The molecule has 0 N–H and O–H groups in total. The zero-order valence-corrected chi connectivity index (χ0v) is 30.1. The van der Waals surface area contributed by atoms with Crippen LogP contribution in [0.2, 0.25) is 0 Å². The monoisotopic (exact) mass is 717 g/mol. The molecule has 11 aromatic rings. The third-order valence-electron chi connectivity index (χ3n) is 10.6. The second-order valence-corrected chi connectivity index (χ2v) is 14.0. The maximum absolute atomic E-state index is 6.64. The van der Waals surface area contributed by atoms with Crippen molar-refractivity contribution in [2.24, 2.45) is 0 Å². The maximum Gasteiger partial charge on any atom is 0.164 e. The van der Waals surface area contributed by atoms with E-state index in [0.29, 0.717) is 17.5 Å². The molecule has 0 unspecified atom stereocenters. The van der Waals surface area contributed by atoms with E-state index in [1.54, 1.807) is 0 Å². The number of hydrogen-bond donors (Lipinski definition) is 0. The van der Waals surface area contributed by atoms with Gasteiger partial charge in [0, 0.05) is 43.8 Å². The molecule has 0 fully saturated rings. The smallest absolute Gasteiger partial charge is 0.164 e. The van der Waals surface area contributed by atoms with Crippen molar-refractivity contribution in [2.75, 3.05) is 0 Å². The molecule has 0 radical (unpaired) electrons. The molecule has 5 heteroatoms. The van der Waals surface area contributed by atoms with Gasteiger partial charge in [-0.1, -0.05) is 152 Å². The number of aromatic nitrogens is 3. The van der Waals surface area contributed by atoms with Crippen molar-refractivity contribution in [2.45, 2.75) is 0 Å². The van der Waals surface area contributed by atoms with Gasteiger partial charge >= 0.3 is 0 Å². The van der Waals surface area contributed by atoms with E-state index in [0.717, 1.165) is 93.9 Å². The molecule has 0 aliphatic heterocycles. The SMILES string of the molecule is c1ccc(-c2cccc(-c3nc(-c4ccccc4)nc(-c4ccc5c(c4)oc4cc(-c6ccccc6-c6cccc7c6oc6ccccc67)ccc45)n3)c2)cc1. The molecular formula is C51H31N3O2. The van der Waals surface area contributed by atoms with Gasteiger partial charge in [0.25, 0.3) is 0 Å². The topological polar surface area (TPSA) is 65.0 Å². The molecule has 0 bridgehead atoms. The van der Waals surface area contributed by atoms with Crippen LogP contribution in [0.5, 0.6) is 0 Å². The minimum Gasteiger partial charge on any atom is -0.456 e. The second-order valence-electron chi connectivity index (χ2n) is 14.0. The molecule has 0 saturated carbocycles. The number of para-hydroxylation sites is 2. The molecular weight excluding hydrogens is 687 g/mol. The largest absolute Gasteiger partial charge is 0.456 e. The lowest BCUT2D eigenvalue weighted by Gasteiger charge is -2.11. The quantitative estimate of drug-likeness (QED) is 0.171. The van der Waals surface area contributed by atoms with Crippen LogP contribution in [0.4, 0.5) is 0 Å². The number of benzene rings is 8. The van der Waals surface area contributed by atoms with Crippen LogP contribution in [0.15, 0.2) is 197 Å². The van der Waals surface area contributed by atoms with Crippen molar-refractivity contribution < 1.29 is 8.83 Å². The standard InChI is InChI=1S/C51H31N3O2/c1-3-13-32(14-4-1)34-17-11-18-36(29-34)50-52-49(33-15-5-2-6-16-33)53-51(54-50)37-26-28-42-41-27-25-35(30-46(41)55-47(42)31-37)38-19-7-8-20-39(38)43-22-12-23-44-40-21-9-10-24-45(40)56-48(43)44/h1-31H. The molecule has 56 heavy (non-hydrogen) atoms. The van der Waals surface area contributed by atoms with E-state index in [2.05, 4.69) is 133 Å². The van der Waals surface area contributed by atoms with Gasteiger partial charge in [-0.25, -0.2) is 15.0 Å². The van der Waals surface area contributed by atoms with Crippen LogP contribution in [0.3, 0.4) is 0 Å². The third-order valence-corrected chi connectivity index (χ3v) is 10.6. The highest BCUT2D eigenvalue weighted by Gasteiger charge is 2.18. The van der Waals surface area contributed by atoms with Crippen molar-refractivity contribution in [1.82, 2.24) is 15.0 Å². The van der Waals surface area contributed by atoms with Gasteiger partial charge in [-0.15, -0.1) is 0 Å². The third kappa shape index (κ3) is 5.45. The first kappa shape index (κ1) is 31.9. The van der Waals surface area contributed by atoms with Crippen molar-refractivity contribution in [1.29, 1.82) is 0 Å². The van der Waals surface area contributed by atoms with Crippen LogP contribution in [-0.4, -0.2) is 15.0 Å². The normalized spacial score (nSPS) is 11.6. The van der Waals surface area contributed by atoms with Crippen LogP contribution >= 0.6 is 0 Å². The Balaban J connectivity index is 1.01. The highest BCUT2D eigenvalue weighted by atomic mass is 16.3. The summed E-state index contributed by atoms with van der Waals surface area (Å²) >= 11 is 0. The summed E-state index contributed by atoms with van der Waals surface area (Å²) in [5.74, 6) is 1.80. The predicted octanol–water partition coefficient (Wildman–Crippen LogP) is 13.7. The first-order valence-electron chi connectivity index (χ1n) is 18.7. The summed E-state index contributed by atoms with van der Waals surface area (Å²) < 4.78 is 13.1. The van der Waals surface area contributed by atoms with Crippen LogP contribution in [-0.2, 0) is 0 Å². The predicted molar refractivity (Wildman–Crippen MR) is 227 cm³/mol. The zero-order valence-electron chi connectivity index (χ0n) is 30.1. The van der Waals surface area contributed by atoms with Crippen LogP contribution in [0.1, 0.15) is 0 Å². The van der Waals surface area contributed by atoms with E-state index in [-0.39, 0.29) is 0 Å². The Kier molecular flexibility index (Phi) is 7.42. The second kappa shape index (κ2) is 13.0. The van der Waals surface area contributed by atoms with Crippen molar-refractivity contribution >= 4 is 43.9 Å². The number of fused-ring (bicyclic) bond motifs is 6. The van der Waals surface area contributed by atoms with Crippen LogP contribution in [0.25, 0.3) is 111 Å². The Hall–Kier alpha value is -7.63. The highest BCUT2D eigenvalue weighted by molar-refractivity contribution is 6.11. The molecule has 8 aromatic carbocycles. The molecule has 0 saturated heterocycles. The fourth-order valence-corrected chi connectivity index (χ4v) is 7.83. The lowest BCUT2D eigenvalue weighted by atomic mass is 9.93. The lowest BCUT2D eigenvalue weighted by Crippen LogP contribution is -2.00. The van der Waals surface area contributed by atoms with Crippen LogP contribution in [0, 0.1) is 0 Å². The summed E-state index contributed by atoms with van der Waals surface area (Å²) in [6.45, 7) is 0. The Labute approximate surface area is 322 Å². The fraction of sp³-hybridized carbons (Fsp3) is 0. The Bertz CT molecular complexity index is 3250. The van der Waals surface area contributed by atoms with Crippen molar-refractivity contribution in [3.05, 3.63) is 188 Å². The zero-order chi connectivity index (χ0) is 37.0. The van der Waals surface area contributed by atoms with Gasteiger partial charge in [-0.3, -0.25) is 0 Å². The van der Waals surface area contributed by atoms with E-state index in [1.165, 1.54) is 0 Å². The average Bonchev–Trinajstić information content (AvgIpc) is 3.85. The van der Waals surface area contributed by atoms with Gasteiger partial charge in [0.2, 0.25) is 0 Å². The highest BCUT2D eigenvalue weighted by Crippen LogP contribution is 2.41. The molecule has 0 amide bonds. The summed E-state index contributed by atoms with van der Waals surface area (Å²) in [6.07, 6.45) is 0. The molecule has 3 aromatic heterocycles. The molecule has 262 valence electrons. The van der Waals surface area contributed by atoms with Crippen LogP contribution < -0.4 is 0 Å². The Morgan fingerprint density at radius 2 is 0.768 bits per heavy atom. The van der Waals surface area contributed by atoms with Gasteiger partial charge in [0.15, 0.2) is 17.5 Å². The minimum absolute atomic E-state index is 0.579. The maximum atomic E-state index is 6.64. The van der Waals surface area contributed by atoms with E-state index in [1.807, 2.05) is 54.6 Å². The summed E-state index contributed by atoms with van der Waals surface area (Å²) in [5, 5.41) is 4.31. The first-order chi connectivity index (χ1) is 27.7.